The summed E-state index contributed by atoms with van der Waals surface area (Å²) in [6.07, 6.45) is 0.882. The number of hydrogen-bond donors (Lipinski definition) is 0. The first kappa shape index (κ1) is 21.0. The van der Waals surface area contributed by atoms with Gasteiger partial charge in [0.15, 0.2) is 17.3 Å². The van der Waals surface area contributed by atoms with Crippen LogP contribution in [0.1, 0.15) is 22.8 Å². The van der Waals surface area contributed by atoms with Crippen molar-refractivity contribution in [3.63, 3.8) is 0 Å². The van der Waals surface area contributed by atoms with Gasteiger partial charge in [-0.15, -0.1) is 0 Å². The number of methoxy groups -OCH3 is 4. The van der Waals surface area contributed by atoms with Gasteiger partial charge in [0.25, 0.3) is 0 Å². The number of hydrogen-bond acceptors (Lipinski definition) is 7. The van der Waals surface area contributed by atoms with Crippen molar-refractivity contribution < 1.29 is 33.3 Å². The number of carbonyl (C=O) groups excluding carboxylic acids is 2. The van der Waals surface area contributed by atoms with Gasteiger partial charge in [0, 0.05) is 28.8 Å². The largest absolute Gasteiger partial charge is 0.497 e. The number of fused-ring (bicyclic) bond motifs is 1. The third-order valence-electron chi connectivity index (χ3n) is 4.65. The minimum atomic E-state index is -0.584. The number of ketones is 1. The fourth-order valence-electron chi connectivity index (χ4n) is 3.23. The first-order valence-electron chi connectivity index (χ1n) is 9.19. The zero-order valence-electron chi connectivity index (χ0n) is 17.5. The average Bonchev–Trinajstić information content (AvgIpc) is 3.16. The molecule has 0 N–H and O–H groups in total. The second-order valence-corrected chi connectivity index (χ2v) is 6.24. The quantitative estimate of drug-likeness (QED) is 0.543. The summed E-state index contributed by atoms with van der Waals surface area (Å²) in [5.74, 6) is 1.34. The topological polar surface area (TPSA) is 85.2 Å². The molecule has 1 aromatic heterocycles. The minimum Gasteiger partial charge on any atom is -0.497 e. The van der Waals surface area contributed by atoms with Gasteiger partial charge < -0.3 is 23.7 Å². The Balaban J connectivity index is 2.19. The molecule has 158 valence electrons. The van der Waals surface area contributed by atoms with Crippen LogP contribution in [-0.4, -0.2) is 51.5 Å². The molecule has 0 spiro atoms. The number of benzene rings is 2. The summed E-state index contributed by atoms with van der Waals surface area (Å²) in [5.41, 5.74) is 1.15. The number of aromatic nitrogens is 1. The molecule has 0 bridgehead atoms. The highest BCUT2D eigenvalue weighted by Crippen LogP contribution is 2.39. The molecule has 1 heterocycles. The summed E-state index contributed by atoms with van der Waals surface area (Å²) < 4.78 is 27.7. The Kier molecular flexibility index (Phi) is 6.15. The lowest BCUT2D eigenvalue weighted by molar-refractivity contribution is 0.103. The van der Waals surface area contributed by atoms with E-state index in [4.69, 9.17) is 23.7 Å². The molecule has 8 nitrogen and oxygen atoms in total. The molecule has 0 unspecified atom stereocenters. The van der Waals surface area contributed by atoms with Crippen molar-refractivity contribution in [2.75, 3.05) is 35.0 Å². The molecule has 0 radical (unpaired) electrons. The van der Waals surface area contributed by atoms with Gasteiger partial charge >= 0.3 is 6.09 Å². The van der Waals surface area contributed by atoms with Gasteiger partial charge in [0.2, 0.25) is 5.75 Å². The standard InChI is InChI=1S/C22H23NO7/c1-6-30-22(25)23-12-16(15-8-7-14(26-2)11-17(15)23)20(24)13-9-18(27-3)21(29-5)19(10-13)28-4/h7-12H,6H2,1-5H3. The number of nitrogens with zero attached hydrogens (tertiary/aromatic N) is 1. The van der Waals surface area contributed by atoms with E-state index in [-0.39, 0.29) is 12.4 Å². The molecule has 0 saturated heterocycles. The monoisotopic (exact) mass is 413 g/mol. The molecule has 30 heavy (non-hydrogen) atoms. The second kappa shape index (κ2) is 8.77. The van der Waals surface area contributed by atoms with Crippen LogP contribution in [0, 0.1) is 0 Å². The third kappa shape index (κ3) is 3.63. The molecule has 0 aliphatic carbocycles. The van der Waals surface area contributed by atoms with E-state index in [0.29, 0.717) is 45.0 Å². The van der Waals surface area contributed by atoms with Crippen molar-refractivity contribution in [1.29, 1.82) is 0 Å². The van der Waals surface area contributed by atoms with E-state index in [0.717, 1.165) is 0 Å². The molecule has 0 fully saturated rings. The maximum absolute atomic E-state index is 13.4. The fourth-order valence-corrected chi connectivity index (χ4v) is 3.23. The molecule has 8 heteroatoms. The van der Waals surface area contributed by atoms with Crippen molar-refractivity contribution in [3.05, 3.63) is 47.7 Å². The Labute approximate surface area is 173 Å². The molecule has 0 aliphatic rings. The first-order chi connectivity index (χ1) is 14.5. The van der Waals surface area contributed by atoms with E-state index >= 15 is 0 Å². The SMILES string of the molecule is CCOC(=O)n1cc(C(=O)c2cc(OC)c(OC)c(OC)c2)c2ccc(OC)cc21. The Morgan fingerprint density at radius 1 is 0.900 bits per heavy atom. The summed E-state index contributed by atoms with van der Waals surface area (Å²) in [4.78, 5) is 25.8. The van der Waals surface area contributed by atoms with Crippen molar-refractivity contribution in [2.45, 2.75) is 6.92 Å². The summed E-state index contributed by atoms with van der Waals surface area (Å²) in [5, 5.41) is 0.586. The second-order valence-electron chi connectivity index (χ2n) is 6.24. The van der Waals surface area contributed by atoms with E-state index in [2.05, 4.69) is 0 Å². The lowest BCUT2D eigenvalue weighted by Crippen LogP contribution is -2.12. The minimum absolute atomic E-state index is 0.207. The lowest BCUT2D eigenvalue weighted by Gasteiger charge is -2.13. The maximum atomic E-state index is 13.4. The highest BCUT2D eigenvalue weighted by molar-refractivity contribution is 6.18. The molecule has 0 saturated carbocycles. The molecule has 0 atom stereocenters. The molecule has 0 aliphatic heterocycles. The average molecular weight is 413 g/mol. The van der Waals surface area contributed by atoms with Crippen LogP contribution < -0.4 is 18.9 Å². The normalized spacial score (nSPS) is 10.6. The Bertz CT molecular complexity index is 1080. The van der Waals surface area contributed by atoms with Gasteiger partial charge in [-0.2, -0.15) is 0 Å². The van der Waals surface area contributed by atoms with Crippen molar-refractivity contribution in [2.24, 2.45) is 0 Å². The van der Waals surface area contributed by atoms with Gasteiger partial charge in [0.1, 0.15) is 5.75 Å². The van der Waals surface area contributed by atoms with Gasteiger partial charge in [0.05, 0.1) is 40.6 Å². The highest BCUT2D eigenvalue weighted by Gasteiger charge is 2.23. The van der Waals surface area contributed by atoms with Crippen LogP contribution in [0.2, 0.25) is 0 Å². The van der Waals surface area contributed by atoms with Gasteiger partial charge in [-0.3, -0.25) is 9.36 Å². The Hall–Kier alpha value is -3.68. The predicted octanol–water partition coefficient (Wildman–Crippen LogP) is 3.91. The van der Waals surface area contributed by atoms with Crippen LogP contribution in [-0.2, 0) is 4.74 Å². The highest BCUT2D eigenvalue weighted by atomic mass is 16.5. The molecule has 3 aromatic rings. The number of ether oxygens (including phenoxy) is 5. The zero-order chi connectivity index (χ0) is 21.8. The van der Waals surface area contributed by atoms with Crippen molar-refractivity contribution >= 4 is 22.8 Å². The zero-order valence-corrected chi connectivity index (χ0v) is 17.5. The maximum Gasteiger partial charge on any atom is 0.418 e. The van der Waals surface area contributed by atoms with Crippen LogP contribution in [0.3, 0.4) is 0 Å². The third-order valence-corrected chi connectivity index (χ3v) is 4.65. The molecule has 0 amide bonds. The predicted molar refractivity (Wildman–Crippen MR) is 110 cm³/mol. The Morgan fingerprint density at radius 2 is 1.57 bits per heavy atom. The van der Waals surface area contributed by atoms with E-state index in [1.54, 1.807) is 37.3 Å². The number of rotatable bonds is 7. The van der Waals surface area contributed by atoms with Gasteiger partial charge in [-0.25, -0.2) is 4.79 Å². The van der Waals surface area contributed by atoms with E-state index < -0.39 is 6.09 Å². The summed E-state index contributed by atoms with van der Waals surface area (Å²) >= 11 is 0. The van der Waals surface area contributed by atoms with Crippen LogP contribution in [0.4, 0.5) is 4.79 Å². The van der Waals surface area contributed by atoms with Crippen LogP contribution in [0.15, 0.2) is 36.5 Å². The fraction of sp³-hybridized carbons (Fsp3) is 0.273. The summed E-state index contributed by atoms with van der Waals surface area (Å²) in [6.45, 7) is 1.92. The van der Waals surface area contributed by atoms with Crippen LogP contribution in [0.25, 0.3) is 10.9 Å². The lowest BCUT2D eigenvalue weighted by atomic mass is 10.0. The van der Waals surface area contributed by atoms with Gasteiger partial charge in [-0.1, -0.05) is 0 Å². The molecular formula is C22H23NO7. The van der Waals surface area contributed by atoms with Crippen molar-refractivity contribution in [3.8, 4) is 23.0 Å². The van der Waals surface area contributed by atoms with Crippen LogP contribution in [0.5, 0.6) is 23.0 Å². The summed E-state index contributed by atoms with van der Waals surface area (Å²) in [6, 6.07) is 8.28. The number of carbonyl (C=O) groups is 2. The van der Waals surface area contributed by atoms with E-state index in [9.17, 15) is 9.59 Å². The molecular weight excluding hydrogens is 390 g/mol. The first-order valence-corrected chi connectivity index (χ1v) is 9.19. The van der Waals surface area contributed by atoms with Crippen molar-refractivity contribution in [1.82, 2.24) is 4.57 Å². The molecule has 3 rings (SSSR count). The molecule has 2 aromatic carbocycles. The van der Waals surface area contributed by atoms with E-state index in [1.807, 2.05) is 0 Å². The van der Waals surface area contributed by atoms with E-state index in [1.165, 1.54) is 39.2 Å². The summed E-state index contributed by atoms with van der Waals surface area (Å²) in [7, 11) is 5.97. The van der Waals surface area contributed by atoms with Gasteiger partial charge in [-0.05, 0) is 31.2 Å². The van der Waals surface area contributed by atoms with Crippen LogP contribution >= 0.6 is 0 Å². The smallest absolute Gasteiger partial charge is 0.418 e. The Morgan fingerprint density at radius 3 is 2.10 bits per heavy atom.